The van der Waals surface area contributed by atoms with Gasteiger partial charge >= 0.3 is 12.4 Å². The second-order valence-electron chi connectivity index (χ2n) is 9.62. The van der Waals surface area contributed by atoms with Gasteiger partial charge in [0.15, 0.2) is 5.82 Å². The predicted octanol–water partition coefficient (Wildman–Crippen LogP) is 4.37. The Kier molecular flexibility index (Phi) is 7.42. The molecule has 3 aromatic heterocycles. The average Bonchev–Trinajstić information content (AvgIpc) is 3.49. The Morgan fingerprint density at radius 3 is 2.55 bits per heavy atom. The molecule has 0 radical (unpaired) electrons. The fraction of sp³-hybridized carbons (Fsp3) is 0.308. The number of likely N-dealkylation sites (tertiary alicyclic amines) is 1. The van der Waals surface area contributed by atoms with E-state index in [4.69, 9.17) is 10.5 Å². The van der Waals surface area contributed by atoms with Crippen LogP contribution in [0, 0.1) is 0 Å². The molecule has 222 valence electrons. The molecule has 9 nitrogen and oxygen atoms in total. The second kappa shape index (κ2) is 10.7. The summed E-state index contributed by atoms with van der Waals surface area (Å²) in [5.41, 5.74) is 3.40. The second-order valence-corrected chi connectivity index (χ2v) is 9.62. The lowest BCUT2D eigenvalue weighted by atomic mass is 10.1. The number of methoxy groups -OCH3 is 1. The van der Waals surface area contributed by atoms with Gasteiger partial charge in [0.1, 0.15) is 23.6 Å². The molecule has 4 aromatic rings. The molecule has 0 saturated carbocycles. The number of ether oxygens (including phenoxy) is 1. The van der Waals surface area contributed by atoms with Gasteiger partial charge in [0.2, 0.25) is 5.88 Å². The molecule has 1 amide bonds. The third kappa shape index (κ3) is 5.66. The zero-order valence-corrected chi connectivity index (χ0v) is 21.7. The Morgan fingerprint density at radius 2 is 1.86 bits per heavy atom. The van der Waals surface area contributed by atoms with Gasteiger partial charge < -0.3 is 15.8 Å². The molecule has 0 bridgehead atoms. The van der Waals surface area contributed by atoms with Crippen LogP contribution >= 0.6 is 0 Å². The average molecular weight is 597 g/mol. The number of nitrogens with one attached hydrogen (secondary N) is 1. The van der Waals surface area contributed by atoms with Crippen molar-refractivity contribution in [3.63, 3.8) is 0 Å². The predicted molar refractivity (Wildman–Crippen MR) is 135 cm³/mol. The van der Waals surface area contributed by atoms with Crippen molar-refractivity contribution in [2.45, 2.75) is 31.1 Å². The number of pyridine rings is 1. The summed E-state index contributed by atoms with van der Waals surface area (Å²) in [5, 5.41) is 6.41. The van der Waals surface area contributed by atoms with E-state index >= 15 is 0 Å². The minimum atomic E-state index is -4.79. The first kappa shape index (κ1) is 29.0. The standard InChI is InChI=1S/C26H22F7N7O2/c1-42-24-16(6-14(8-35-24)20-7-17(26(31,32)33)21-22(34)36-12-37-40(20)21)23(41)38-19-11-39(10-18(19)27)9-13-3-2-4-15(5-13)25(28,29)30/h2-8,12,18-19H,9-11H2,1H3,(H,38,41)(H2,34,36,37). The summed E-state index contributed by atoms with van der Waals surface area (Å²) in [6.45, 7) is -0.133. The van der Waals surface area contributed by atoms with E-state index in [1.54, 1.807) is 4.90 Å². The lowest BCUT2D eigenvalue weighted by Crippen LogP contribution is -2.41. The molecule has 1 saturated heterocycles. The summed E-state index contributed by atoms with van der Waals surface area (Å²) in [4.78, 5) is 22.5. The van der Waals surface area contributed by atoms with E-state index in [1.807, 2.05) is 0 Å². The van der Waals surface area contributed by atoms with Crippen LogP contribution in [0.5, 0.6) is 5.88 Å². The highest BCUT2D eigenvalue weighted by Crippen LogP contribution is 2.39. The molecule has 16 heteroatoms. The van der Waals surface area contributed by atoms with Crippen molar-refractivity contribution < 1.29 is 40.3 Å². The van der Waals surface area contributed by atoms with Gasteiger partial charge in [0, 0.05) is 31.4 Å². The van der Waals surface area contributed by atoms with Crippen LogP contribution < -0.4 is 15.8 Å². The zero-order chi connectivity index (χ0) is 30.4. The van der Waals surface area contributed by atoms with Gasteiger partial charge in [0.05, 0.1) is 30.0 Å². The van der Waals surface area contributed by atoms with Crippen LogP contribution in [0.1, 0.15) is 27.0 Å². The molecule has 1 aromatic carbocycles. The van der Waals surface area contributed by atoms with Crippen LogP contribution in [0.4, 0.5) is 36.6 Å². The Balaban J connectivity index is 1.39. The SMILES string of the molecule is COc1ncc(-c2cc(C(F)(F)F)c3c(N)ncnn23)cc1C(=O)NC1CN(Cc2cccc(C(F)(F)F)c2)CC1F. The summed E-state index contributed by atoms with van der Waals surface area (Å²) in [7, 11) is 1.23. The van der Waals surface area contributed by atoms with E-state index in [9.17, 15) is 35.5 Å². The number of nitrogen functional groups attached to an aromatic ring is 1. The number of anilines is 1. The van der Waals surface area contributed by atoms with Gasteiger partial charge in [-0.25, -0.2) is 18.9 Å². The van der Waals surface area contributed by atoms with E-state index in [0.29, 0.717) is 5.56 Å². The number of rotatable bonds is 6. The maximum Gasteiger partial charge on any atom is 0.418 e. The molecule has 0 spiro atoms. The highest BCUT2D eigenvalue weighted by atomic mass is 19.4. The van der Waals surface area contributed by atoms with Gasteiger partial charge in [-0.15, -0.1) is 0 Å². The zero-order valence-electron chi connectivity index (χ0n) is 21.7. The molecular formula is C26H22F7N7O2. The molecule has 42 heavy (non-hydrogen) atoms. The van der Waals surface area contributed by atoms with Crippen LogP contribution in [-0.2, 0) is 18.9 Å². The first-order valence-electron chi connectivity index (χ1n) is 12.3. The van der Waals surface area contributed by atoms with Gasteiger partial charge in [-0.05, 0) is 23.8 Å². The number of benzene rings is 1. The maximum atomic E-state index is 14.9. The molecule has 0 aliphatic carbocycles. The van der Waals surface area contributed by atoms with E-state index < -0.39 is 52.9 Å². The number of carbonyl (C=O) groups is 1. The van der Waals surface area contributed by atoms with Crippen molar-refractivity contribution in [1.82, 2.24) is 29.8 Å². The monoisotopic (exact) mass is 597 g/mol. The number of hydrogen-bond acceptors (Lipinski definition) is 7. The summed E-state index contributed by atoms with van der Waals surface area (Å²) in [6, 6.07) is 5.66. The minimum Gasteiger partial charge on any atom is -0.480 e. The molecular weight excluding hydrogens is 575 g/mol. The highest BCUT2D eigenvalue weighted by Gasteiger charge is 2.38. The lowest BCUT2D eigenvalue weighted by molar-refractivity contribution is -0.138. The molecule has 3 N–H and O–H groups in total. The fourth-order valence-electron chi connectivity index (χ4n) is 4.86. The molecule has 1 fully saturated rings. The van der Waals surface area contributed by atoms with E-state index in [1.165, 1.54) is 31.5 Å². The van der Waals surface area contributed by atoms with Gasteiger partial charge in [-0.1, -0.05) is 18.2 Å². The third-order valence-corrected chi connectivity index (χ3v) is 6.77. The highest BCUT2D eigenvalue weighted by molar-refractivity contribution is 5.98. The maximum absolute atomic E-state index is 14.9. The summed E-state index contributed by atoms with van der Waals surface area (Å²) < 4.78 is 101. The number of halogens is 7. The number of amides is 1. The van der Waals surface area contributed by atoms with Crippen LogP contribution in [0.15, 0.2) is 48.9 Å². The van der Waals surface area contributed by atoms with Crippen LogP contribution in [0.25, 0.3) is 16.8 Å². The van der Waals surface area contributed by atoms with Crippen molar-refractivity contribution in [3.05, 3.63) is 71.2 Å². The largest absolute Gasteiger partial charge is 0.480 e. The summed E-state index contributed by atoms with van der Waals surface area (Å²) in [5.74, 6) is -1.40. The van der Waals surface area contributed by atoms with Crippen LogP contribution in [0.2, 0.25) is 0 Å². The van der Waals surface area contributed by atoms with Crippen molar-refractivity contribution in [1.29, 1.82) is 0 Å². The van der Waals surface area contributed by atoms with E-state index in [-0.39, 0.29) is 42.3 Å². The van der Waals surface area contributed by atoms with Crippen molar-refractivity contribution in [3.8, 4) is 17.1 Å². The van der Waals surface area contributed by atoms with Gasteiger partial charge in [0.25, 0.3) is 5.91 Å². The first-order valence-corrected chi connectivity index (χ1v) is 12.3. The number of fused-ring (bicyclic) bond motifs is 1. The molecule has 2 unspecified atom stereocenters. The van der Waals surface area contributed by atoms with Crippen LogP contribution in [0.3, 0.4) is 0 Å². The molecule has 1 aliphatic rings. The number of carbonyl (C=O) groups excluding carboxylic acids is 1. The number of aromatic nitrogens is 4. The molecule has 5 rings (SSSR count). The fourth-order valence-corrected chi connectivity index (χ4v) is 4.86. The van der Waals surface area contributed by atoms with Gasteiger partial charge in [-0.3, -0.25) is 9.69 Å². The van der Waals surface area contributed by atoms with E-state index in [0.717, 1.165) is 29.0 Å². The van der Waals surface area contributed by atoms with Crippen molar-refractivity contribution in [2.24, 2.45) is 0 Å². The van der Waals surface area contributed by atoms with Gasteiger partial charge in [-0.2, -0.15) is 31.4 Å². The molecule has 2 atom stereocenters. The van der Waals surface area contributed by atoms with Crippen molar-refractivity contribution in [2.75, 3.05) is 25.9 Å². The smallest absolute Gasteiger partial charge is 0.418 e. The summed E-state index contributed by atoms with van der Waals surface area (Å²) in [6.07, 6.45) is -8.71. The van der Waals surface area contributed by atoms with Crippen LogP contribution in [-0.4, -0.2) is 62.8 Å². The Hall–Kier alpha value is -4.47. The lowest BCUT2D eigenvalue weighted by Gasteiger charge is -2.18. The normalized spacial score (nSPS) is 18.0. The number of nitrogens with zero attached hydrogens (tertiary/aromatic N) is 5. The third-order valence-electron chi connectivity index (χ3n) is 6.77. The Morgan fingerprint density at radius 1 is 1.10 bits per heavy atom. The summed E-state index contributed by atoms with van der Waals surface area (Å²) >= 11 is 0. The first-order chi connectivity index (χ1) is 19.8. The minimum absolute atomic E-state index is 0.00688. The molecule has 4 heterocycles. The van der Waals surface area contributed by atoms with Crippen molar-refractivity contribution >= 4 is 17.2 Å². The number of alkyl halides is 7. The Bertz CT molecular complexity index is 1640. The Labute approximate surface area is 233 Å². The van der Waals surface area contributed by atoms with E-state index in [2.05, 4.69) is 20.4 Å². The molecule has 1 aliphatic heterocycles. The topological polar surface area (TPSA) is 111 Å². The number of hydrogen-bond donors (Lipinski definition) is 2. The number of nitrogens with two attached hydrogens (primary N) is 1. The quantitative estimate of drug-likeness (QED) is 0.318.